The Morgan fingerprint density at radius 2 is 2.38 bits per heavy atom. The van der Waals surface area contributed by atoms with Crippen molar-refractivity contribution in [3.63, 3.8) is 0 Å². The highest BCUT2D eigenvalue weighted by Gasteiger charge is 2.18. The number of piperazine rings is 1. The van der Waals surface area contributed by atoms with Gasteiger partial charge in [0.25, 0.3) is 0 Å². The van der Waals surface area contributed by atoms with Crippen molar-refractivity contribution in [3.8, 4) is 0 Å². The highest BCUT2D eigenvalue weighted by Crippen LogP contribution is 2.18. The predicted octanol–water partition coefficient (Wildman–Crippen LogP) is 2.38. The molecule has 1 aromatic rings. The minimum Gasteiger partial charge on any atom is -0.314 e. The number of halogens is 2. The van der Waals surface area contributed by atoms with Gasteiger partial charge in [0.2, 0.25) is 0 Å². The molecule has 2 nitrogen and oxygen atoms in total. The Bertz CT molecular complexity index is 370. The molecule has 88 valence electrons. The lowest BCUT2D eigenvalue weighted by Crippen LogP contribution is -2.49. The average Bonchev–Trinajstić information content (AvgIpc) is 2.25. The third kappa shape index (κ3) is 2.81. The number of hydrogen-bond acceptors (Lipinski definition) is 2. The predicted molar refractivity (Wildman–Crippen MR) is 66.8 cm³/mol. The van der Waals surface area contributed by atoms with E-state index in [4.69, 9.17) is 0 Å². The maximum atomic E-state index is 13.7. The van der Waals surface area contributed by atoms with E-state index in [1.165, 1.54) is 6.07 Å². The van der Waals surface area contributed by atoms with Crippen molar-refractivity contribution in [2.24, 2.45) is 0 Å². The summed E-state index contributed by atoms with van der Waals surface area (Å²) in [6.45, 7) is 5.82. The maximum absolute atomic E-state index is 13.7. The highest BCUT2D eigenvalue weighted by atomic mass is 79.9. The van der Waals surface area contributed by atoms with Crippen molar-refractivity contribution < 1.29 is 4.39 Å². The number of nitrogens with zero attached hydrogens (tertiary/aromatic N) is 1. The molecular formula is C12H16BrFN2. The van der Waals surface area contributed by atoms with E-state index in [1.54, 1.807) is 0 Å². The fourth-order valence-corrected chi connectivity index (χ4v) is 2.32. The van der Waals surface area contributed by atoms with E-state index in [0.29, 0.717) is 12.6 Å². The van der Waals surface area contributed by atoms with Crippen LogP contribution in [0.1, 0.15) is 12.5 Å². The Kier molecular flexibility index (Phi) is 3.95. The molecule has 0 aliphatic carbocycles. The van der Waals surface area contributed by atoms with E-state index in [2.05, 4.69) is 33.1 Å². The molecule has 16 heavy (non-hydrogen) atoms. The first-order valence-electron chi connectivity index (χ1n) is 5.55. The van der Waals surface area contributed by atoms with E-state index >= 15 is 0 Å². The molecule has 0 amide bonds. The van der Waals surface area contributed by atoms with Gasteiger partial charge in [-0.2, -0.15) is 0 Å². The molecule has 1 saturated heterocycles. The summed E-state index contributed by atoms with van der Waals surface area (Å²) < 4.78 is 14.5. The molecule has 0 bridgehead atoms. The molecular weight excluding hydrogens is 271 g/mol. The normalized spacial score (nSPS) is 22.3. The molecule has 0 spiro atoms. The summed E-state index contributed by atoms with van der Waals surface area (Å²) in [4.78, 5) is 2.31. The van der Waals surface area contributed by atoms with Gasteiger partial charge in [-0.3, -0.25) is 4.90 Å². The van der Waals surface area contributed by atoms with Crippen LogP contribution in [0.2, 0.25) is 0 Å². The Morgan fingerprint density at radius 1 is 1.56 bits per heavy atom. The van der Waals surface area contributed by atoms with Gasteiger partial charge in [-0.1, -0.05) is 22.0 Å². The SMILES string of the molecule is C[C@H]1CNCCN1Cc1ccc(Br)cc1F. The molecule has 2 rings (SSSR count). The second-order valence-electron chi connectivity index (χ2n) is 4.26. The first kappa shape index (κ1) is 12.0. The Labute approximate surface area is 104 Å². The molecule has 1 aromatic carbocycles. The van der Waals surface area contributed by atoms with Gasteiger partial charge in [-0.25, -0.2) is 4.39 Å². The lowest BCUT2D eigenvalue weighted by molar-refractivity contribution is 0.164. The van der Waals surface area contributed by atoms with Gasteiger partial charge in [0.05, 0.1) is 0 Å². The van der Waals surface area contributed by atoms with Crippen LogP contribution in [0.5, 0.6) is 0 Å². The standard InChI is InChI=1S/C12H16BrFN2/c1-9-7-15-4-5-16(9)8-10-2-3-11(13)6-12(10)14/h2-3,6,9,15H,4-5,7-8H2,1H3/t9-/m0/s1. The van der Waals surface area contributed by atoms with Crippen LogP contribution in [0.25, 0.3) is 0 Å². The van der Waals surface area contributed by atoms with Crippen LogP contribution in [0.3, 0.4) is 0 Å². The molecule has 1 heterocycles. The molecule has 1 N–H and O–H groups in total. The van der Waals surface area contributed by atoms with Crippen LogP contribution in [0, 0.1) is 5.82 Å². The number of hydrogen-bond donors (Lipinski definition) is 1. The first-order valence-corrected chi connectivity index (χ1v) is 6.35. The zero-order chi connectivity index (χ0) is 11.5. The number of benzene rings is 1. The Balaban J connectivity index is 2.07. The van der Waals surface area contributed by atoms with Crippen LogP contribution in [0.15, 0.2) is 22.7 Å². The van der Waals surface area contributed by atoms with Gasteiger partial charge in [-0.05, 0) is 19.1 Å². The average molecular weight is 287 g/mol. The fourth-order valence-electron chi connectivity index (χ4n) is 1.99. The van der Waals surface area contributed by atoms with Gasteiger partial charge in [0.15, 0.2) is 0 Å². The largest absolute Gasteiger partial charge is 0.314 e. The molecule has 0 unspecified atom stereocenters. The van der Waals surface area contributed by atoms with E-state index < -0.39 is 0 Å². The quantitative estimate of drug-likeness (QED) is 0.898. The van der Waals surface area contributed by atoms with Gasteiger partial charge in [-0.15, -0.1) is 0 Å². The van der Waals surface area contributed by atoms with Crippen molar-refractivity contribution in [3.05, 3.63) is 34.1 Å². The molecule has 1 atom stereocenters. The fraction of sp³-hybridized carbons (Fsp3) is 0.500. The number of rotatable bonds is 2. The zero-order valence-corrected chi connectivity index (χ0v) is 10.9. The summed E-state index contributed by atoms with van der Waals surface area (Å²) in [5.41, 5.74) is 0.775. The first-order chi connectivity index (χ1) is 7.66. The van der Waals surface area contributed by atoms with E-state index in [1.807, 2.05) is 12.1 Å². The van der Waals surface area contributed by atoms with Gasteiger partial charge in [0.1, 0.15) is 5.82 Å². The number of nitrogens with one attached hydrogen (secondary N) is 1. The molecule has 0 saturated carbocycles. The third-order valence-electron chi connectivity index (χ3n) is 3.03. The van der Waals surface area contributed by atoms with Gasteiger partial charge in [0, 0.05) is 42.3 Å². The zero-order valence-electron chi connectivity index (χ0n) is 9.34. The van der Waals surface area contributed by atoms with Crippen LogP contribution < -0.4 is 5.32 Å². The van der Waals surface area contributed by atoms with Gasteiger partial charge >= 0.3 is 0 Å². The van der Waals surface area contributed by atoms with Crippen molar-refractivity contribution in [1.29, 1.82) is 0 Å². The lowest BCUT2D eigenvalue weighted by atomic mass is 10.1. The van der Waals surface area contributed by atoms with Crippen LogP contribution >= 0.6 is 15.9 Å². The van der Waals surface area contributed by atoms with Crippen molar-refractivity contribution in [2.75, 3.05) is 19.6 Å². The molecule has 0 radical (unpaired) electrons. The monoisotopic (exact) mass is 286 g/mol. The van der Waals surface area contributed by atoms with E-state index in [0.717, 1.165) is 29.7 Å². The highest BCUT2D eigenvalue weighted by molar-refractivity contribution is 9.10. The van der Waals surface area contributed by atoms with Crippen molar-refractivity contribution in [2.45, 2.75) is 19.5 Å². The van der Waals surface area contributed by atoms with Crippen LogP contribution in [0.4, 0.5) is 4.39 Å². The van der Waals surface area contributed by atoms with Crippen LogP contribution in [-0.4, -0.2) is 30.6 Å². The van der Waals surface area contributed by atoms with Crippen LogP contribution in [-0.2, 0) is 6.54 Å². The third-order valence-corrected chi connectivity index (χ3v) is 3.52. The Morgan fingerprint density at radius 3 is 3.06 bits per heavy atom. The molecule has 1 aliphatic rings. The summed E-state index contributed by atoms with van der Waals surface area (Å²) in [6, 6.07) is 5.75. The second kappa shape index (κ2) is 5.25. The summed E-state index contributed by atoms with van der Waals surface area (Å²) in [6.07, 6.45) is 0. The Hall–Kier alpha value is -0.450. The summed E-state index contributed by atoms with van der Waals surface area (Å²) in [5, 5.41) is 3.33. The smallest absolute Gasteiger partial charge is 0.128 e. The van der Waals surface area contributed by atoms with Gasteiger partial charge < -0.3 is 5.32 Å². The minimum absolute atomic E-state index is 0.125. The lowest BCUT2D eigenvalue weighted by Gasteiger charge is -2.33. The maximum Gasteiger partial charge on any atom is 0.128 e. The minimum atomic E-state index is -0.125. The molecule has 1 aliphatic heterocycles. The summed E-state index contributed by atoms with van der Waals surface area (Å²) in [5.74, 6) is -0.125. The van der Waals surface area contributed by atoms with Crippen molar-refractivity contribution in [1.82, 2.24) is 10.2 Å². The topological polar surface area (TPSA) is 15.3 Å². The summed E-state index contributed by atoms with van der Waals surface area (Å²) in [7, 11) is 0. The second-order valence-corrected chi connectivity index (χ2v) is 5.18. The summed E-state index contributed by atoms with van der Waals surface area (Å²) >= 11 is 3.27. The van der Waals surface area contributed by atoms with Crippen molar-refractivity contribution >= 4 is 15.9 Å². The van der Waals surface area contributed by atoms with E-state index in [-0.39, 0.29) is 5.82 Å². The molecule has 0 aromatic heterocycles. The molecule has 4 heteroatoms. The van der Waals surface area contributed by atoms with E-state index in [9.17, 15) is 4.39 Å². The molecule has 1 fully saturated rings.